The summed E-state index contributed by atoms with van der Waals surface area (Å²) in [6.45, 7) is 3.93. The summed E-state index contributed by atoms with van der Waals surface area (Å²) in [6.07, 6.45) is -2.28. The van der Waals surface area contributed by atoms with Crippen LogP contribution in [-0.4, -0.2) is 60.0 Å². The molecule has 2 aliphatic rings. The molecule has 0 unspecified atom stereocenters. The van der Waals surface area contributed by atoms with Gasteiger partial charge in [-0.15, -0.1) is 0 Å². The van der Waals surface area contributed by atoms with Crippen LogP contribution in [0.4, 0.5) is 19.1 Å². The van der Waals surface area contributed by atoms with E-state index < -0.39 is 11.7 Å². The number of rotatable bonds is 3. The van der Waals surface area contributed by atoms with E-state index in [0.29, 0.717) is 38.5 Å². The largest absolute Gasteiger partial charge is 0.419 e. The number of amides is 1. The van der Waals surface area contributed by atoms with Crippen molar-refractivity contribution in [2.75, 3.05) is 44.2 Å². The quantitative estimate of drug-likeness (QED) is 0.887. The lowest BCUT2D eigenvalue weighted by Crippen LogP contribution is -2.51. The van der Waals surface area contributed by atoms with Crippen LogP contribution >= 0.6 is 0 Å². The number of hydrogen-bond donors (Lipinski definition) is 1. The van der Waals surface area contributed by atoms with E-state index in [4.69, 9.17) is 0 Å². The Balaban J connectivity index is 1.53. The predicted molar refractivity (Wildman–Crippen MR) is 76.8 cm³/mol. The lowest BCUT2D eigenvalue weighted by atomic mass is 9.98. The van der Waals surface area contributed by atoms with Gasteiger partial charge in [-0.25, -0.2) is 9.97 Å². The molecule has 1 aromatic heterocycles. The molecule has 0 spiro atoms. The highest BCUT2D eigenvalue weighted by Gasteiger charge is 2.32. The SMILES string of the molecule is O=C(CC1CNC1)N1CCN(c2ncc(C(F)(F)F)cn2)CC1. The summed E-state index contributed by atoms with van der Waals surface area (Å²) >= 11 is 0. The molecule has 0 radical (unpaired) electrons. The number of carbonyl (C=O) groups is 1. The maximum atomic E-state index is 12.5. The Morgan fingerprint density at radius 3 is 2.26 bits per heavy atom. The van der Waals surface area contributed by atoms with Gasteiger partial charge in [-0.05, 0) is 19.0 Å². The Kier molecular flexibility index (Phi) is 4.38. The Labute approximate surface area is 131 Å². The van der Waals surface area contributed by atoms with E-state index in [1.165, 1.54) is 0 Å². The number of nitrogens with one attached hydrogen (secondary N) is 1. The highest BCUT2D eigenvalue weighted by molar-refractivity contribution is 5.77. The van der Waals surface area contributed by atoms with Crippen molar-refractivity contribution in [3.05, 3.63) is 18.0 Å². The van der Waals surface area contributed by atoms with Crippen LogP contribution < -0.4 is 10.2 Å². The van der Waals surface area contributed by atoms with Crippen molar-refractivity contribution >= 4 is 11.9 Å². The first-order valence-electron chi connectivity index (χ1n) is 7.56. The molecule has 2 fully saturated rings. The second-order valence-electron chi connectivity index (χ2n) is 5.87. The summed E-state index contributed by atoms with van der Waals surface area (Å²) in [4.78, 5) is 23.3. The molecule has 1 amide bonds. The lowest BCUT2D eigenvalue weighted by Gasteiger charge is -2.36. The van der Waals surface area contributed by atoms with Crippen molar-refractivity contribution in [1.29, 1.82) is 0 Å². The molecule has 126 valence electrons. The number of nitrogens with zero attached hydrogens (tertiary/aromatic N) is 4. The van der Waals surface area contributed by atoms with E-state index in [-0.39, 0.29) is 11.9 Å². The van der Waals surface area contributed by atoms with E-state index >= 15 is 0 Å². The Morgan fingerprint density at radius 1 is 1.17 bits per heavy atom. The van der Waals surface area contributed by atoms with Gasteiger partial charge in [-0.2, -0.15) is 13.2 Å². The number of alkyl halides is 3. The van der Waals surface area contributed by atoms with Crippen LogP contribution in [0.15, 0.2) is 12.4 Å². The van der Waals surface area contributed by atoms with Gasteiger partial charge in [0.15, 0.2) is 0 Å². The maximum absolute atomic E-state index is 12.5. The summed E-state index contributed by atoms with van der Waals surface area (Å²) in [5.41, 5.74) is -0.857. The van der Waals surface area contributed by atoms with Crippen molar-refractivity contribution in [3.8, 4) is 0 Å². The molecular formula is C14H18F3N5O. The fourth-order valence-corrected chi connectivity index (χ4v) is 2.66. The average molecular weight is 329 g/mol. The molecule has 1 aromatic rings. The molecule has 0 saturated carbocycles. The van der Waals surface area contributed by atoms with E-state index in [2.05, 4.69) is 15.3 Å². The minimum atomic E-state index is -4.43. The zero-order valence-corrected chi connectivity index (χ0v) is 12.5. The van der Waals surface area contributed by atoms with Gasteiger partial charge in [0.05, 0.1) is 5.56 Å². The standard InChI is InChI=1S/C14H18F3N5O/c15-14(16,17)11-8-19-13(20-9-11)22-3-1-21(2-4-22)12(23)5-10-6-18-7-10/h8-10,18H,1-7H2. The van der Waals surface area contributed by atoms with Gasteiger partial charge in [0.1, 0.15) is 0 Å². The molecule has 0 aliphatic carbocycles. The van der Waals surface area contributed by atoms with E-state index in [1.807, 2.05) is 0 Å². The van der Waals surface area contributed by atoms with Crippen LogP contribution in [0.5, 0.6) is 0 Å². The van der Waals surface area contributed by atoms with Crippen LogP contribution in [0.25, 0.3) is 0 Å². The first kappa shape index (κ1) is 16.0. The maximum Gasteiger partial charge on any atom is 0.419 e. The smallest absolute Gasteiger partial charge is 0.339 e. The molecule has 6 nitrogen and oxygen atoms in total. The van der Waals surface area contributed by atoms with Crippen molar-refractivity contribution in [3.63, 3.8) is 0 Å². The number of aromatic nitrogens is 2. The van der Waals surface area contributed by atoms with Gasteiger partial charge < -0.3 is 15.1 Å². The topological polar surface area (TPSA) is 61.4 Å². The second-order valence-corrected chi connectivity index (χ2v) is 5.87. The van der Waals surface area contributed by atoms with E-state index in [0.717, 1.165) is 25.5 Å². The summed E-state index contributed by atoms with van der Waals surface area (Å²) in [5, 5.41) is 3.14. The van der Waals surface area contributed by atoms with Gasteiger partial charge in [-0.1, -0.05) is 0 Å². The normalized spacial score (nSPS) is 19.6. The predicted octanol–water partition coefficient (Wildman–Crippen LogP) is 0.754. The molecule has 0 bridgehead atoms. The molecule has 3 rings (SSSR count). The number of halogens is 3. The number of anilines is 1. The fourth-order valence-electron chi connectivity index (χ4n) is 2.66. The minimum absolute atomic E-state index is 0.143. The molecule has 3 heterocycles. The van der Waals surface area contributed by atoms with Crippen molar-refractivity contribution < 1.29 is 18.0 Å². The van der Waals surface area contributed by atoms with Crippen LogP contribution in [0.3, 0.4) is 0 Å². The molecular weight excluding hydrogens is 311 g/mol. The third-order valence-electron chi connectivity index (χ3n) is 4.21. The third kappa shape index (κ3) is 3.72. The van der Waals surface area contributed by atoms with Crippen LogP contribution in [0, 0.1) is 5.92 Å². The highest BCUT2D eigenvalue weighted by Crippen LogP contribution is 2.28. The fraction of sp³-hybridized carbons (Fsp3) is 0.643. The summed E-state index contributed by atoms with van der Waals surface area (Å²) < 4.78 is 37.5. The second kappa shape index (κ2) is 6.31. The first-order valence-corrected chi connectivity index (χ1v) is 7.56. The minimum Gasteiger partial charge on any atom is -0.339 e. The Bertz CT molecular complexity index is 551. The van der Waals surface area contributed by atoms with E-state index in [9.17, 15) is 18.0 Å². The molecule has 0 atom stereocenters. The number of piperazine rings is 1. The van der Waals surface area contributed by atoms with Crippen LogP contribution in [0.1, 0.15) is 12.0 Å². The molecule has 2 saturated heterocycles. The monoisotopic (exact) mass is 329 g/mol. The first-order chi connectivity index (χ1) is 10.9. The Hall–Kier alpha value is -1.90. The van der Waals surface area contributed by atoms with Crippen LogP contribution in [0.2, 0.25) is 0 Å². The number of carbonyl (C=O) groups excluding carboxylic acids is 1. The summed E-state index contributed by atoms with van der Waals surface area (Å²) in [5.74, 6) is 0.844. The average Bonchev–Trinajstić information content (AvgIpc) is 2.50. The highest BCUT2D eigenvalue weighted by atomic mass is 19.4. The molecule has 9 heteroatoms. The molecule has 1 N–H and O–H groups in total. The van der Waals surface area contributed by atoms with Gasteiger partial charge >= 0.3 is 6.18 Å². The van der Waals surface area contributed by atoms with Gasteiger partial charge in [-0.3, -0.25) is 4.79 Å². The third-order valence-corrected chi connectivity index (χ3v) is 4.21. The van der Waals surface area contributed by atoms with Crippen molar-refractivity contribution in [1.82, 2.24) is 20.2 Å². The van der Waals surface area contributed by atoms with Crippen LogP contribution in [-0.2, 0) is 11.0 Å². The molecule has 23 heavy (non-hydrogen) atoms. The summed E-state index contributed by atoms with van der Waals surface area (Å²) in [7, 11) is 0. The van der Waals surface area contributed by atoms with E-state index in [1.54, 1.807) is 9.80 Å². The van der Waals surface area contributed by atoms with Crippen molar-refractivity contribution in [2.45, 2.75) is 12.6 Å². The lowest BCUT2D eigenvalue weighted by molar-refractivity contribution is -0.138. The molecule has 2 aliphatic heterocycles. The number of hydrogen-bond acceptors (Lipinski definition) is 5. The summed E-state index contributed by atoms with van der Waals surface area (Å²) in [6, 6.07) is 0. The molecule has 0 aromatic carbocycles. The van der Waals surface area contributed by atoms with Gasteiger partial charge in [0.25, 0.3) is 0 Å². The van der Waals surface area contributed by atoms with Gasteiger partial charge in [0, 0.05) is 45.0 Å². The van der Waals surface area contributed by atoms with Gasteiger partial charge in [0.2, 0.25) is 11.9 Å². The zero-order valence-electron chi connectivity index (χ0n) is 12.5. The Morgan fingerprint density at radius 2 is 1.78 bits per heavy atom. The van der Waals surface area contributed by atoms with Crippen molar-refractivity contribution in [2.24, 2.45) is 5.92 Å². The zero-order chi connectivity index (χ0) is 16.4.